The van der Waals surface area contributed by atoms with E-state index in [1.54, 1.807) is 31.2 Å². The second kappa shape index (κ2) is 12.4. The lowest BCUT2D eigenvalue weighted by Gasteiger charge is -2.29. The SMILES string of the molecule is COc1nc(N)nc2c1ncn2[C@@H]1O[C@H](COP(=S)(N[C@@H](C)C(=O)OCC(C)(C)C)Oc2ccccc2)[C@@H](O)[C@@]1(C)O. The monoisotopic (exact) mass is 624 g/mol. The van der Waals surface area contributed by atoms with Gasteiger partial charge in [-0.25, -0.2) is 10.1 Å². The quantitative estimate of drug-likeness (QED) is 0.180. The third kappa shape index (κ3) is 7.17. The van der Waals surface area contributed by atoms with Gasteiger partial charge in [-0.1, -0.05) is 39.0 Å². The summed E-state index contributed by atoms with van der Waals surface area (Å²) in [4.78, 5) is 25.2. The van der Waals surface area contributed by atoms with Crippen molar-refractivity contribution in [1.82, 2.24) is 24.6 Å². The number of carbonyl (C=O) groups excluding carboxylic acids is 1. The van der Waals surface area contributed by atoms with Crippen LogP contribution in [-0.2, 0) is 30.6 Å². The zero-order valence-electron chi connectivity index (χ0n) is 24.3. The molecule has 0 amide bonds. The van der Waals surface area contributed by atoms with E-state index in [2.05, 4.69) is 20.0 Å². The number of para-hydroxylation sites is 1. The third-order valence-electron chi connectivity index (χ3n) is 6.34. The molecule has 42 heavy (non-hydrogen) atoms. The maximum atomic E-state index is 12.7. The molecule has 230 valence electrons. The molecule has 16 heteroatoms. The Morgan fingerprint density at radius 3 is 2.64 bits per heavy atom. The van der Waals surface area contributed by atoms with Gasteiger partial charge >= 0.3 is 12.6 Å². The lowest BCUT2D eigenvalue weighted by atomic mass is 9.96. The van der Waals surface area contributed by atoms with Gasteiger partial charge in [0.1, 0.15) is 29.6 Å². The second-order valence-corrected chi connectivity index (χ2v) is 14.5. The summed E-state index contributed by atoms with van der Waals surface area (Å²) in [5.74, 6) is -0.0332. The van der Waals surface area contributed by atoms with Crippen molar-refractivity contribution in [3.05, 3.63) is 36.7 Å². The summed E-state index contributed by atoms with van der Waals surface area (Å²) in [6.07, 6.45) is -2.24. The number of esters is 1. The Balaban J connectivity index is 1.54. The van der Waals surface area contributed by atoms with Crippen molar-refractivity contribution in [1.29, 1.82) is 0 Å². The number of aromatic nitrogens is 4. The average Bonchev–Trinajstić information content (AvgIpc) is 3.43. The van der Waals surface area contributed by atoms with E-state index in [1.807, 2.05) is 26.8 Å². The second-order valence-electron chi connectivity index (χ2n) is 11.3. The normalized spacial score (nSPS) is 24.7. The van der Waals surface area contributed by atoms with Gasteiger partial charge in [-0.15, -0.1) is 0 Å². The Bertz CT molecular complexity index is 1450. The molecule has 4 rings (SSSR count). The highest BCUT2D eigenvalue weighted by Crippen LogP contribution is 2.47. The Morgan fingerprint density at radius 1 is 1.31 bits per heavy atom. The maximum absolute atomic E-state index is 12.7. The number of fused-ring (bicyclic) bond motifs is 1. The number of nitrogens with two attached hydrogens (primary N) is 1. The van der Waals surface area contributed by atoms with Crippen LogP contribution in [0, 0.1) is 5.41 Å². The van der Waals surface area contributed by atoms with Crippen molar-refractivity contribution in [2.24, 2.45) is 5.41 Å². The highest BCUT2D eigenvalue weighted by molar-refractivity contribution is 8.09. The summed E-state index contributed by atoms with van der Waals surface area (Å²) in [7, 11) is 1.42. The van der Waals surface area contributed by atoms with Crippen LogP contribution in [0.2, 0.25) is 0 Å². The Kier molecular flexibility index (Phi) is 9.43. The highest BCUT2D eigenvalue weighted by Gasteiger charge is 2.54. The molecule has 0 spiro atoms. The molecule has 0 bridgehead atoms. The van der Waals surface area contributed by atoms with Crippen LogP contribution in [0.15, 0.2) is 36.7 Å². The van der Waals surface area contributed by atoms with Gasteiger partial charge in [0.25, 0.3) is 0 Å². The van der Waals surface area contributed by atoms with Gasteiger partial charge in [-0.05, 0) is 43.2 Å². The van der Waals surface area contributed by atoms with Gasteiger partial charge in [-0.2, -0.15) is 9.97 Å². The van der Waals surface area contributed by atoms with Crippen LogP contribution in [0.3, 0.4) is 0 Å². The van der Waals surface area contributed by atoms with Crippen LogP contribution in [0.1, 0.15) is 40.8 Å². The molecule has 1 aromatic carbocycles. The molecule has 5 N–H and O–H groups in total. The predicted molar refractivity (Wildman–Crippen MR) is 157 cm³/mol. The van der Waals surface area contributed by atoms with E-state index in [9.17, 15) is 15.0 Å². The smallest absolute Gasteiger partial charge is 0.323 e. The van der Waals surface area contributed by atoms with Crippen molar-refractivity contribution in [3.63, 3.8) is 0 Å². The van der Waals surface area contributed by atoms with Gasteiger partial charge in [0.2, 0.25) is 11.8 Å². The molecule has 1 fully saturated rings. The predicted octanol–water partition coefficient (Wildman–Crippen LogP) is 2.31. The number of methoxy groups -OCH3 is 1. The largest absolute Gasteiger partial charge is 0.479 e. The molecule has 6 atom stereocenters. The number of carbonyl (C=O) groups is 1. The van der Waals surface area contributed by atoms with Gasteiger partial charge in [0.15, 0.2) is 17.4 Å². The third-order valence-corrected chi connectivity index (χ3v) is 8.84. The van der Waals surface area contributed by atoms with Gasteiger partial charge in [0, 0.05) is 0 Å². The fourth-order valence-corrected chi connectivity index (χ4v) is 6.60. The molecule has 0 aliphatic carbocycles. The van der Waals surface area contributed by atoms with Crippen molar-refractivity contribution in [2.75, 3.05) is 26.1 Å². The molecule has 0 saturated carbocycles. The number of anilines is 1. The molecule has 0 radical (unpaired) electrons. The van der Waals surface area contributed by atoms with E-state index < -0.39 is 42.7 Å². The van der Waals surface area contributed by atoms with Crippen LogP contribution in [0.4, 0.5) is 5.95 Å². The summed E-state index contributed by atoms with van der Waals surface area (Å²) >= 11 is 5.77. The summed E-state index contributed by atoms with van der Waals surface area (Å²) in [5, 5.41) is 25.4. The molecule has 1 saturated heterocycles. The number of benzene rings is 1. The van der Waals surface area contributed by atoms with Crippen molar-refractivity contribution in [2.45, 2.75) is 64.7 Å². The lowest BCUT2D eigenvalue weighted by molar-refractivity contribution is -0.148. The number of rotatable bonds is 11. The fourth-order valence-electron chi connectivity index (χ4n) is 4.18. The van der Waals surface area contributed by atoms with Crippen molar-refractivity contribution < 1.29 is 38.3 Å². The molecular weight excluding hydrogens is 587 g/mol. The first kappa shape index (κ1) is 32.0. The first-order valence-corrected chi connectivity index (χ1v) is 15.8. The molecule has 3 aromatic rings. The summed E-state index contributed by atoms with van der Waals surface area (Å²) in [6, 6.07) is 7.87. The minimum atomic E-state index is -3.44. The summed E-state index contributed by atoms with van der Waals surface area (Å²) in [6.45, 7) is 5.34. The number of imidazole rings is 1. The number of hydrogen-bond acceptors (Lipinski definition) is 13. The number of ether oxygens (including phenoxy) is 3. The maximum Gasteiger partial charge on any atom is 0.323 e. The lowest BCUT2D eigenvalue weighted by Crippen LogP contribution is -2.44. The van der Waals surface area contributed by atoms with E-state index >= 15 is 0 Å². The number of nitrogens with one attached hydrogen (secondary N) is 1. The minimum Gasteiger partial charge on any atom is -0.479 e. The minimum absolute atomic E-state index is 0.0702. The Hall–Kier alpha value is -2.91. The zero-order chi connectivity index (χ0) is 30.9. The van der Waals surface area contributed by atoms with Crippen LogP contribution in [0.5, 0.6) is 11.6 Å². The topological polar surface area (TPSA) is 185 Å². The molecule has 1 aliphatic heterocycles. The van der Waals surface area contributed by atoms with E-state index in [0.29, 0.717) is 11.3 Å². The first-order valence-electron chi connectivity index (χ1n) is 13.2. The Labute approximate surface area is 248 Å². The van der Waals surface area contributed by atoms with Crippen LogP contribution >= 0.6 is 6.64 Å². The van der Waals surface area contributed by atoms with E-state index in [1.165, 1.54) is 24.9 Å². The van der Waals surface area contributed by atoms with Gasteiger partial charge < -0.3 is 39.2 Å². The van der Waals surface area contributed by atoms with Crippen LogP contribution in [0.25, 0.3) is 11.2 Å². The van der Waals surface area contributed by atoms with E-state index in [-0.39, 0.29) is 36.1 Å². The molecule has 14 nitrogen and oxygen atoms in total. The standard InChI is InChI=1S/C26H37N6O8PS/c1-15(22(34)37-13-25(2,3)4)31-41(42,40-16-10-8-7-9-11-16)38-12-17-19(33)26(5,35)23(39-17)32-14-28-18-20(32)29-24(27)30-21(18)36-6/h7-11,14-15,17,19,23,33,35H,12-13H2,1-6H3,(H,31,42)(H2,27,29,30)/t15-,17+,19+,23+,26+,41?/m0/s1. The number of aliphatic hydroxyl groups is 2. The fraction of sp³-hybridized carbons (Fsp3) is 0.538. The van der Waals surface area contributed by atoms with Crippen LogP contribution < -0.4 is 20.1 Å². The summed E-state index contributed by atoms with van der Waals surface area (Å²) in [5.41, 5.74) is 4.33. The molecule has 2 aromatic heterocycles. The molecular formula is C26H37N6O8PS. The number of hydrogen-bond donors (Lipinski definition) is 4. The van der Waals surface area contributed by atoms with Gasteiger partial charge in [-0.3, -0.25) is 9.36 Å². The van der Waals surface area contributed by atoms with E-state index in [4.69, 9.17) is 40.8 Å². The zero-order valence-corrected chi connectivity index (χ0v) is 26.0. The van der Waals surface area contributed by atoms with Crippen molar-refractivity contribution in [3.8, 4) is 11.6 Å². The first-order chi connectivity index (χ1) is 19.6. The average molecular weight is 625 g/mol. The number of nitrogens with zero attached hydrogens (tertiary/aromatic N) is 4. The van der Waals surface area contributed by atoms with E-state index in [0.717, 1.165) is 0 Å². The molecule has 1 aliphatic rings. The van der Waals surface area contributed by atoms with Gasteiger partial charge in [0.05, 0.1) is 26.7 Å². The summed E-state index contributed by atoms with van der Waals surface area (Å²) < 4.78 is 30.3. The van der Waals surface area contributed by atoms with Crippen molar-refractivity contribution >= 4 is 41.5 Å². The number of nitrogen functional groups attached to an aromatic ring is 1. The Morgan fingerprint density at radius 2 is 2.00 bits per heavy atom. The highest BCUT2D eigenvalue weighted by atomic mass is 32.5. The molecule has 3 heterocycles. The number of aliphatic hydroxyl groups excluding tert-OH is 1. The molecule has 1 unspecified atom stereocenters. The van der Waals surface area contributed by atoms with Crippen LogP contribution in [-0.4, -0.2) is 79.9 Å².